The molecule has 2 N–H and O–H groups in total. The molecule has 3 atom stereocenters. The van der Waals surface area contributed by atoms with Gasteiger partial charge < -0.3 is 24.0 Å². The number of likely N-dealkylation sites (N-methyl/N-ethyl adjacent to an activating group) is 1. The number of hydrogen-bond donors (Lipinski definition) is 2. The molecule has 0 radical (unpaired) electrons. The fraction of sp³-hybridized carbons (Fsp3) is 0.448. The Morgan fingerprint density at radius 2 is 1.84 bits per heavy atom. The van der Waals surface area contributed by atoms with Crippen molar-refractivity contribution in [2.24, 2.45) is 5.92 Å². The lowest BCUT2D eigenvalue weighted by Crippen LogP contribution is -2.48. The van der Waals surface area contributed by atoms with Crippen LogP contribution in [0.25, 0.3) is 0 Å². The number of rotatable bonds is 10. The number of fused-ring (bicyclic) bond motifs is 1. The maximum Gasteiger partial charge on any atom is 0.267 e. The summed E-state index contributed by atoms with van der Waals surface area (Å²) in [4.78, 5) is 15.1. The van der Waals surface area contributed by atoms with Gasteiger partial charge in [0.05, 0.1) is 37.6 Å². The van der Waals surface area contributed by atoms with E-state index < -0.39 is 32.2 Å². The van der Waals surface area contributed by atoms with E-state index in [0.29, 0.717) is 17.1 Å². The van der Waals surface area contributed by atoms with E-state index in [1.54, 1.807) is 25.1 Å². The molecule has 0 aliphatic carbocycles. The van der Waals surface area contributed by atoms with E-state index in [0.717, 1.165) is 0 Å². The third kappa shape index (κ3) is 7.01. The highest BCUT2D eigenvalue weighted by atomic mass is 32.2. The summed E-state index contributed by atoms with van der Waals surface area (Å²) in [7, 11) is -5.02. The number of aromatic nitrogens is 1. The monoisotopic (exact) mass is 650 g/mol. The molecule has 0 saturated carbocycles. The number of benzene rings is 2. The van der Waals surface area contributed by atoms with Crippen LogP contribution >= 0.6 is 0 Å². The van der Waals surface area contributed by atoms with Gasteiger partial charge in [-0.05, 0) is 63.2 Å². The van der Waals surface area contributed by atoms with Crippen LogP contribution in [-0.2, 0) is 31.3 Å². The first kappa shape index (κ1) is 33.2. The van der Waals surface area contributed by atoms with E-state index in [1.807, 2.05) is 6.92 Å². The summed E-state index contributed by atoms with van der Waals surface area (Å²) in [6.07, 6.45) is -0.851. The number of methoxy groups -OCH3 is 1. The highest BCUT2D eigenvalue weighted by molar-refractivity contribution is 7.92. The minimum Gasteiger partial charge on any atom is -0.497 e. The summed E-state index contributed by atoms with van der Waals surface area (Å²) in [5.74, 6) is 0.311. The van der Waals surface area contributed by atoms with Gasteiger partial charge in [-0.15, -0.1) is 0 Å². The van der Waals surface area contributed by atoms with Crippen LogP contribution in [0.1, 0.15) is 30.9 Å². The lowest BCUT2D eigenvalue weighted by Gasteiger charge is -2.33. The lowest BCUT2D eigenvalue weighted by atomic mass is 10.0. The van der Waals surface area contributed by atoms with E-state index in [4.69, 9.17) is 14.0 Å². The topological polar surface area (TPSA) is 169 Å². The van der Waals surface area contributed by atoms with Gasteiger partial charge in [0.1, 0.15) is 23.3 Å². The smallest absolute Gasteiger partial charge is 0.267 e. The minimum absolute atomic E-state index is 0.0507. The molecular weight excluding hydrogens is 612 g/mol. The van der Waals surface area contributed by atoms with Crippen LogP contribution in [0.5, 0.6) is 11.5 Å². The Hall–Kier alpha value is -3.66. The molecule has 0 spiro atoms. The Kier molecular flexibility index (Phi) is 9.93. The zero-order valence-electron chi connectivity index (χ0n) is 25.5. The molecule has 4 rings (SSSR count). The van der Waals surface area contributed by atoms with Gasteiger partial charge in [-0.25, -0.2) is 16.8 Å². The molecular formula is C29H38N4O9S2. The normalized spacial score (nSPS) is 18.5. The van der Waals surface area contributed by atoms with Crippen molar-refractivity contribution in [3.8, 4) is 11.5 Å². The molecule has 3 aromatic rings. The predicted molar refractivity (Wildman–Crippen MR) is 162 cm³/mol. The summed E-state index contributed by atoms with van der Waals surface area (Å²) in [5, 5.41) is 13.6. The lowest BCUT2D eigenvalue weighted by molar-refractivity contribution is -0.134. The fourth-order valence-corrected chi connectivity index (χ4v) is 7.62. The molecule has 13 nitrogen and oxygen atoms in total. The maximum atomic E-state index is 13.5. The van der Waals surface area contributed by atoms with Gasteiger partial charge in [0, 0.05) is 30.8 Å². The number of anilines is 1. The molecule has 44 heavy (non-hydrogen) atoms. The standard InChI is InChI=1S/C29H38N4O9S2/c1-18-15-33(19(2)17-34)28(35)14-22-13-23(31-43(36,37)29-20(3)30-42-21(29)4)7-12-26(22)41-27(18)16-32(5)44(38,39)25-10-8-24(40-6)9-11-25/h7-13,18-19,27,31,34H,14-17H2,1-6H3/t18-,19+,27+/m1/s1. The molecule has 240 valence electrons. The highest BCUT2D eigenvalue weighted by Crippen LogP contribution is 2.31. The van der Waals surface area contributed by atoms with Crippen LogP contribution in [0.2, 0.25) is 0 Å². The van der Waals surface area contributed by atoms with E-state index in [-0.39, 0.29) is 64.9 Å². The second-order valence-electron chi connectivity index (χ2n) is 10.9. The third-order valence-electron chi connectivity index (χ3n) is 7.61. The third-order valence-corrected chi connectivity index (χ3v) is 11.1. The number of sulfonamides is 2. The van der Waals surface area contributed by atoms with Gasteiger partial charge in [0.25, 0.3) is 10.0 Å². The molecule has 1 amide bonds. The Morgan fingerprint density at radius 3 is 2.43 bits per heavy atom. The average Bonchev–Trinajstić information content (AvgIpc) is 3.35. The van der Waals surface area contributed by atoms with Crippen LogP contribution in [-0.4, -0.2) is 88.2 Å². The summed E-state index contributed by atoms with van der Waals surface area (Å²) in [6, 6.07) is 10.1. The largest absolute Gasteiger partial charge is 0.497 e. The van der Waals surface area contributed by atoms with Gasteiger partial charge in [0.15, 0.2) is 10.7 Å². The zero-order chi connectivity index (χ0) is 32.4. The zero-order valence-corrected chi connectivity index (χ0v) is 27.1. The van der Waals surface area contributed by atoms with E-state index in [2.05, 4.69) is 9.88 Å². The number of aliphatic hydroxyl groups excluding tert-OH is 1. The van der Waals surface area contributed by atoms with E-state index >= 15 is 0 Å². The first-order valence-electron chi connectivity index (χ1n) is 13.9. The first-order chi connectivity index (χ1) is 20.7. The van der Waals surface area contributed by atoms with Crippen molar-refractivity contribution >= 4 is 31.6 Å². The van der Waals surface area contributed by atoms with Crippen LogP contribution < -0.4 is 14.2 Å². The molecule has 2 aromatic carbocycles. The highest BCUT2D eigenvalue weighted by Gasteiger charge is 2.34. The number of ether oxygens (including phenoxy) is 2. The van der Waals surface area contributed by atoms with Crippen molar-refractivity contribution in [1.29, 1.82) is 0 Å². The Balaban J connectivity index is 1.68. The van der Waals surface area contributed by atoms with Crippen molar-refractivity contribution in [3.05, 3.63) is 59.5 Å². The fourth-order valence-electron chi connectivity index (χ4n) is 5.05. The number of amides is 1. The van der Waals surface area contributed by atoms with Crippen LogP contribution in [0.15, 0.2) is 56.8 Å². The number of carbonyl (C=O) groups excluding carboxylic acids is 1. The molecule has 15 heteroatoms. The number of nitrogens with one attached hydrogen (secondary N) is 1. The number of carbonyl (C=O) groups is 1. The second-order valence-corrected chi connectivity index (χ2v) is 14.6. The van der Waals surface area contributed by atoms with Crippen LogP contribution in [0.4, 0.5) is 5.69 Å². The molecule has 0 saturated heterocycles. The summed E-state index contributed by atoms with van der Waals surface area (Å²) < 4.78 is 73.4. The van der Waals surface area contributed by atoms with Crippen molar-refractivity contribution in [1.82, 2.24) is 14.4 Å². The van der Waals surface area contributed by atoms with Crippen molar-refractivity contribution in [2.45, 2.75) is 56.1 Å². The minimum atomic E-state index is -4.06. The van der Waals surface area contributed by atoms with E-state index in [9.17, 15) is 26.7 Å². The van der Waals surface area contributed by atoms with Gasteiger partial charge in [0.2, 0.25) is 15.9 Å². The number of nitrogens with zero attached hydrogens (tertiary/aromatic N) is 3. The Labute approximate surface area is 257 Å². The first-order valence-corrected chi connectivity index (χ1v) is 16.9. The molecule has 0 bridgehead atoms. The van der Waals surface area contributed by atoms with Crippen LogP contribution in [0, 0.1) is 19.8 Å². The quantitative estimate of drug-likeness (QED) is 0.333. The molecule has 0 fully saturated rings. The van der Waals surface area contributed by atoms with Crippen LogP contribution in [0.3, 0.4) is 0 Å². The van der Waals surface area contributed by atoms with Gasteiger partial charge in [-0.1, -0.05) is 12.1 Å². The average molecular weight is 651 g/mol. The van der Waals surface area contributed by atoms with Crippen molar-refractivity contribution in [3.63, 3.8) is 0 Å². The molecule has 1 aromatic heterocycles. The van der Waals surface area contributed by atoms with Gasteiger partial charge >= 0.3 is 0 Å². The van der Waals surface area contributed by atoms with Gasteiger partial charge in [-0.3, -0.25) is 9.52 Å². The van der Waals surface area contributed by atoms with Crippen molar-refractivity contribution in [2.75, 3.05) is 38.6 Å². The summed E-state index contributed by atoms with van der Waals surface area (Å²) in [5.41, 5.74) is 0.782. The predicted octanol–water partition coefficient (Wildman–Crippen LogP) is 2.57. The maximum absolute atomic E-state index is 13.5. The number of hydrogen-bond acceptors (Lipinski definition) is 10. The van der Waals surface area contributed by atoms with E-state index in [1.165, 1.54) is 61.5 Å². The SMILES string of the molecule is COc1ccc(S(=O)(=O)N(C)C[C@@H]2Oc3ccc(NS(=O)(=O)c4c(C)noc4C)cc3CC(=O)N([C@@H](C)CO)C[C@H]2C)cc1. The number of aliphatic hydroxyl groups is 1. The van der Waals surface area contributed by atoms with Gasteiger partial charge in [-0.2, -0.15) is 4.31 Å². The number of aryl methyl sites for hydroxylation is 2. The Bertz CT molecular complexity index is 1690. The second kappa shape index (κ2) is 13.1. The summed E-state index contributed by atoms with van der Waals surface area (Å²) in [6.45, 7) is 6.44. The molecule has 1 aliphatic rings. The Morgan fingerprint density at radius 1 is 1.16 bits per heavy atom. The molecule has 0 unspecified atom stereocenters. The molecule has 1 aliphatic heterocycles. The summed E-state index contributed by atoms with van der Waals surface area (Å²) >= 11 is 0. The van der Waals surface area contributed by atoms with Crippen molar-refractivity contribution < 1.29 is 40.7 Å². The molecule has 2 heterocycles.